The van der Waals surface area contributed by atoms with E-state index in [2.05, 4.69) is 44.8 Å². The number of hydrogen-bond donors (Lipinski definition) is 2. The first-order valence-electron chi connectivity index (χ1n) is 9.00. The van der Waals surface area contributed by atoms with Crippen LogP contribution in [0.15, 0.2) is 65.8 Å². The van der Waals surface area contributed by atoms with Crippen molar-refractivity contribution in [1.82, 2.24) is 15.2 Å². The average molecular weight is 388 g/mol. The number of aromatic amines is 1. The summed E-state index contributed by atoms with van der Waals surface area (Å²) in [6, 6.07) is 20.3. The zero-order valence-electron chi connectivity index (χ0n) is 15.7. The smallest absolute Gasteiger partial charge is 0.234 e. The molecule has 0 saturated heterocycles. The molecule has 4 rings (SSSR count). The molecule has 1 aromatic heterocycles. The molecule has 6 heteroatoms. The maximum absolute atomic E-state index is 12.3. The maximum Gasteiger partial charge on any atom is 0.234 e. The number of amides is 1. The summed E-state index contributed by atoms with van der Waals surface area (Å²) in [5.41, 5.74) is 4.06. The molecule has 1 heterocycles. The first-order valence-corrected chi connectivity index (χ1v) is 9.99. The van der Waals surface area contributed by atoms with E-state index in [1.54, 1.807) is 0 Å². The standard InChI is InChI=1S/C22H20N4OS/c1-14-10-15(2)12-17(11-14)23-20(27)13-28-22-24-21(25-26-22)19-9-5-7-16-6-3-4-8-18(16)19/h3-12H,13H2,1-2H3,(H,23,27)(H,24,25,26). The lowest BCUT2D eigenvalue weighted by atomic mass is 10.0. The summed E-state index contributed by atoms with van der Waals surface area (Å²) in [5, 5.41) is 14.3. The van der Waals surface area contributed by atoms with Crippen molar-refractivity contribution in [1.29, 1.82) is 0 Å². The fraction of sp³-hybridized carbons (Fsp3) is 0.136. The van der Waals surface area contributed by atoms with Gasteiger partial charge in [0.15, 0.2) is 11.0 Å². The predicted octanol–water partition coefficient (Wildman–Crippen LogP) is 4.97. The Labute approximate surface area is 167 Å². The minimum Gasteiger partial charge on any atom is -0.325 e. The third-order valence-electron chi connectivity index (χ3n) is 4.36. The van der Waals surface area contributed by atoms with Crippen molar-refractivity contribution in [3.05, 3.63) is 71.8 Å². The van der Waals surface area contributed by atoms with E-state index in [1.165, 1.54) is 11.8 Å². The van der Waals surface area contributed by atoms with Crippen LogP contribution < -0.4 is 5.32 Å². The Bertz CT molecular complexity index is 1130. The summed E-state index contributed by atoms with van der Waals surface area (Å²) in [7, 11) is 0. The molecule has 28 heavy (non-hydrogen) atoms. The Morgan fingerprint density at radius 2 is 1.75 bits per heavy atom. The second-order valence-electron chi connectivity index (χ2n) is 6.72. The highest BCUT2D eigenvalue weighted by molar-refractivity contribution is 7.99. The SMILES string of the molecule is Cc1cc(C)cc(NC(=O)CSc2nnc(-c3cccc4ccccc34)[nH]2)c1. The summed E-state index contributed by atoms with van der Waals surface area (Å²) in [5.74, 6) is 0.893. The molecule has 140 valence electrons. The van der Waals surface area contributed by atoms with Gasteiger partial charge in [0.2, 0.25) is 5.91 Å². The van der Waals surface area contributed by atoms with Crippen molar-refractivity contribution in [2.24, 2.45) is 0 Å². The maximum atomic E-state index is 12.3. The largest absolute Gasteiger partial charge is 0.325 e. The van der Waals surface area contributed by atoms with E-state index >= 15 is 0 Å². The summed E-state index contributed by atoms with van der Waals surface area (Å²) >= 11 is 1.34. The number of carbonyl (C=O) groups excluding carboxylic acids is 1. The van der Waals surface area contributed by atoms with Gasteiger partial charge in [0.25, 0.3) is 0 Å². The van der Waals surface area contributed by atoms with Gasteiger partial charge in [-0.15, -0.1) is 10.2 Å². The van der Waals surface area contributed by atoms with Crippen LogP contribution in [-0.4, -0.2) is 26.8 Å². The van der Waals surface area contributed by atoms with E-state index in [0.717, 1.165) is 33.2 Å². The molecular weight excluding hydrogens is 368 g/mol. The van der Waals surface area contributed by atoms with Gasteiger partial charge in [-0.05, 0) is 47.9 Å². The van der Waals surface area contributed by atoms with Gasteiger partial charge in [0.05, 0.1) is 5.75 Å². The molecule has 0 saturated carbocycles. The second-order valence-corrected chi connectivity index (χ2v) is 7.68. The highest BCUT2D eigenvalue weighted by Crippen LogP contribution is 2.27. The van der Waals surface area contributed by atoms with Gasteiger partial charge >= 0.3 is 0 Å². The molecule has 0 radical (unpaired) electrons. The van der Waals surface area contributed by atoms with Crippen molar-refractivity contribution < 1.29 is 4.79 Å². The minimum absolute atomic E-state index is 0.0712. The second kappa shape index (κ2) is 7.86. The van der Waals surface area contributed by atoms with Crippen LogP contribution in [0.5, 0.6) is 0 Å². The van der Waals surface area contributed by atoms with Crippen molar-refractivity contribution >= 4 is 34.1 Å². The van der Waals surface area contributed by atoms with Crippen LogP contribution in [0.3, 0.4) is 0 Å². The van der Waals surface area contributed by atoms with Crippen molar-refractivity contribution in [2.45, 2.75) is 19.0 Å². The Hall–Kier alpha value is -3.12. The van der Waals surface area contributed by atoms with E-state index in [9.17, 15) is 4.79 Å². The Morgan fingerprint density at radius 3 is 2.57 bits per heavy atom. The van der Waals surface area contributed by atoms with E-state index in [1.807, 2.05) is 50.2 Å². The van der Waals surface area contributed by atoms with Gasteiger partial charge in [0.1, 0.15) is 0 Å². The lowest BCUT2D eigenvalue weighted by Crippen LogP contribution is -2.14. The number of thioether (sulfide) groups is 1. The molecule has 0 unspecified atom stereocenters. The Morgan fingerprint density at radius 1 is 1.00 bits per heavy atom. The fourth-order valence-electron chi connectivity index (χ4n) is 3.24. The van der Waals surface area contributed by atoms with Crippen molar-refractivity contribution in [3.8, 4) is 11.4 Å². The summed E-state index contributed by atoms with van der Waals surface area (Å²) in [6.45, 7) is 4.03. The van der Waals surface area contributed by atoms with Crippen molar-refractivity contribution in [3.63, 3.8) is 0 Å². The lowest BCUT2D eigenvalue weighted by Gasteiger charge is -2.06. The van der Waals surface area contributed by atoms with E-state index in [4.69, 9.17) is 0 Å². The van der Waals surface area contributed by atoms with E-state index < -0.39 is 0 Å². The first kappa shape index (κ1) is 18.3. The molecule has 0 bridgehead atoms. The normalized spacial score (nSPS) is 10.9. The Balaban J connectivity index is 1.44. The number of nitrogens with zero attached hydrogens (tertiary/aromatic N) is 2. The lowest BCUT2D eigenvalue weighted by molar-refractivity contribution is -0.113. The molecular formula is C22H20N4OS. The summed E-state index contributed by atoms with van der Waals surface area (Å²) in [4.78, 5) is 15.5. The highest BCUT2D eigenvalue weighted by atomic mass is 32.2. The number of aromatic nitrogens is 3. The highest BCUT2D eigenvalue weighted by Gasteiger charge is 2.11. The molecule has 1 amide bonds. The predicted molar refractivity (Wildman–Crippen MR) is 115 cm³/mol. The number of benzene rings is 3. The van der Waals surface area contributed by atoms with E-state index in [0.29, 0.717) is 11.0 Å². The molecule has 3 aromatic carbocycles. The zero-order chi connectivity index (χ0) is 19.5. The van der Waals surface area contributed by atoms with Gasteiger partial charge in [-0.25, -0.2) is 0 Å². The van der Waals surface area contributed by atoms with Gasteiger partial charge in [-0.2, -0.15) is 0 Å². The fourth-order valence-corrected chi connectivity index (χ4v) is 3.85. The number of carbonyl (C=O) groups is 1. The molecule has 0 spiro atoms. The number of anilines is 1. The Kier molecular flexibility index (Phi) is 5.12. The van der Waals surface area contributed by atoms with E-state index in [-0.39, 0.29) is 11.7 Å². The van der Waals surface area contributed by atoms with Crippen molar-refractivity contribution in [2.75, 3.05) is 11.1 Å². The monoisotopic (exact) mass is 388 g/mol. The van der Waals surface area contributed by atoms with Crippen LogP contribution in [0.25, 0.3) is 22.2 Å². The minimum atomic E-state index is -0.0712. The quantitative estimate of drug-likeness (QED) is 0.474. The van der Waals surface area contributed by atoms with Crippen LogP contribution in [0, 0.1) is 13.8 Å². The number of H-pyrrole nitrogens is 1. The molecule has 0 aliphatic carbocycles. The number of nitrogens with one attached hydrogen (secondary N) is 2. The van der Waals surface area contributed by atoms with Crippen LogP contribution in [0.2, 0.25) is 0 Å². The van der Waals surface area contributed by atoms with Crippen LogP contribution in [0.1, 0.15) is 11.1 Å². The van der Waals surface area contributed by atoms with Gasteiger partial charge < -0.3 is 10.3 Å². The summed E-state index contributed by atoms with van der Waals surface area (Å²) in [6.07, 6.45) is 0. The van der Waals surface area contributed by atoms with Gasteiger partial charge in [0, 0.05) is 11.3 Å². The molecule has 0 aliphatic rings. The summed E-state index contributed by atoms with van der Waals surface area (Å²) < 4.78 is 0. The number of hydrogen-bond acceptors (Lipinski definition) is 4. The van der Waals surface area contributed by atoms with Crippen LogP contribution >= 0.6 is 11.8 Å². The molecule has 2 N–H and O–H groups in total. The third-order valence-corrected chi connectivity index (χ3v) is 5.22. The number of aryl methyl sites for hydroxylation is 2. The molecule has 5 nitrogen and oxygen atoms in total. The topological polar surface area (TPSA) is 70.7 Å². The third kappa shape index (κ3) is 4.07. The number of fused-ring (bicyclic) bond motifs is 1. The van der Waals surface area contributed by atoms with Gasteiger partial charge in [-0.3, -0.25) is 4.79 Å². The molecule has 0 aliphatic heterocycles. The average Bonchev–Trinajstić information content (AvgIpc) is 3.14. The number of rotatable bonds is 5. The first-order chi connectivity index (χ1) is 13.6. The van der Waals surface area contributed by atoms with Gasteiger partial charge in [-0.1, -0.05) is 60.3 Å². The molecule has 0 atom stereocenters. The van der Waals surface area contributed by atoms with Crippen LogP contribution in [-0.2, 0) is 4.79 Å². The zero-order valence-corrected chi connectivity index (χ0v) is 16.5. The molecule has 4 aromatic rings. The molecule has 0 fully saturated rings. The van der Waals surface area contributed by atoms with Crippen LogP contribution in [0.4, 0.5) is 5.69 Å².